The van der Waals surface area contributed by atoms with Crippen LogP contribution >= 0.6 is 11.6 Å². The van der Waals surface area contributed by atoms with E-state index in [9.17, 15) is 9.59 Å². The number of methoxy groups -OCH3 is 3. The van der Waals surface area contributed by atoms with E-state index >= 15 is 0 Å². The monoisotopic (exact) mass is 511 g/mol. The third-order valence-electron chi connectivity index (χ3n) is 6.66. The fourth-order valence-corrected chi connectivity index (χ4v) is 5.21. The number of carbonyl (C=O) groups excluding carboxylic acids is 2. The summed E-state index contributed by atoms with van der Waals surface area (Å²) in [4.78, 5) is 26.9. The number of esters is 1. The van der Waals surface area contributed by atoms with Crippen LogP contribution in [0.5, 0.6) is 11.5 Å². The van der Waals surface area contributed by atoms with E-state index in [0.29, 0.717) is 51.8 Å². The van der Waals surface area contributed by atoms with E-state index in [4.69, 9.17) is 30.5 Å². The smallest absolute Gasteiger partial charge is 0.336 e. The van der Waals surface area contributed by atoms with Gasteiger partial charge >= 0.3 is 5.97 Å². The highest BCUT2D eigenvalue weighted by Gasteiger charge is 2.42. The predicted octanol–water partition coefficient (Wildman–Crippen LogP) is 4.91. The molecule has 8 heteroatoms. The van der Waals surface area contributed by atoms with Crippen molar-refractivity contribution < 1.29 is 28.5 Å². The molecule has 190 valence electrons. The second kappa shape index (κ2) is 11.2. The lowest BCUT2D eigenvalue weighted by Crippen LogP contribution is -2.36. The first-order chi connectivity index (χ1) is 17.4. The molecule has 0 bridgehead atoms. The Morgan fingerprint density at radius 3 is 2.47 bits per heavy atom. The molecule has 0 amide bonds. The zero-order chi connectivity index (χ0) is 25.8. The average molecular weight is 512 g/mol. The standard InChI is InChI=1S/C28H30ClNO6/c1-16-25(28(32)36-12-11-33-2)26(19-7-5-6-8-20(19)29)27-21(30-16)13-18(14-22(27)31)17-9-10-23(34-3)24(15-17)35-4/h5-10,15,18,26,30H,11-14H2,1-4H3. The van der Waals surface area contributed by atoms with Crippen LogP contribution in [0, 0.1) is 0 Å². The van der Waals surface area contributed by atoms with Gasteiger partial charge < -0.3 is 24.3 Å². The molecule has 1 aliphatic heterocycles. The van der Waals surface area contributed by atoms with Crippen molar-refractivity contribution in [3.8, 4) is 11.5 Å². The van der Waals surface area contributed by atoms with Crippen LogP contribution in [0.3, 0.4) is 0 Å². The Labute approximate surface area is 216 Å². The van der Waals surface area contributed by atoms with Gasteiger partial charge in [0.05, 0.1) is 26.4 Å². The van der Waals surface area contributed by atoms with Crippen molar-refractivity contribution in [2.75, 3.05) is 34.5 Å². The number of dihydropyridines is 1. The highest BCUT2D eigenvalue weighted by Crippen LogP contribution is 2.47. The molecule has 0 radical (unpaired) electrons. The molecule has 2 unspecified atom stereocenters. The lowest BCUT2D eigenvalue weighted by Gasteiger charge is -2.37. The Morgan fingerprint density at radius 2 is 1.78 bits per heavy atom. The molecule has 1 heterocycles. The minimum Gasteiger partial charge on any atom is -0.493 e. The van der Waals surface area contributed by atoms with E-state index in [1.54, 1.807) is 27.4 Å². The van der Waals surface area contributed by atoms with Crippen molar-refractivity contribution in [1.82, 2.24) is 5.32 Å². The van der Waals surface area contributed by atoms with Gasteiger partial charge in [-0.2, -0.15) is 0 Å². The summed E-state index contributed by atoms with van der Waals surface area (Å²) >= 11 is 6.59. The van der Waals surface area contributed by atoms with Gasteiger partial charge in [-0.3, -0.25) is 4.79 Å². The molecular weight excluding hydrogens is 482 g/mol. The number of benzene rings is 2. The second-order valence-electron chi connectivity index (χ2n) is 8.78. The summed E-state index contributed by atoms with van der Waals surface area (Å²) in [6, 6.07) is 13.0. The molecule has 2 aromatic carbocycles. The lowest BCUT2D eigenvalue weighted by atomic mass is 9.71. The van der Waals surface area contributed by atoms with Gasteiger partial charge in [0, 0.05) is 41.4 Å². The molecule has 7 nitrogen and oxygen atoms in total. The quantitative estimate of drug-likeness (QED) is 0.398. The zero-order valence-corrected chi connectivity index (χ0v) is 21.6. The van der Waals surface area contributed by atoms with Gasteiger partial charge in [-0.15, -0.1) is 0 Å². The van der Waals surface area contributed by atoms with Crippen molar-refractivity contribution in [3.63, 3.8) is 0 Å². The summed E-state index contributed by atoms with van der Waals surface area (Å²) in [6.45, 7) is 2.22. The van der Waals surface area contributed by atoms with Crippen molar-refractivity contribution in [1.29, 1.82) is 0 Å². The van der Waals surface area contributed by atoms with E-state index in [1.165, 1.54) is 0 Å². The summed E-state index contributed by atoms with van der Waals surface area (Å²) in [7, 11) is 4.72. The number of Topliss-reactive ketones (excluding diaryl/α,β-unsaturated/α-hetero) is 1. The average Bonchev–Trinajstić information content (AvgIpc) is 2.87. The number of halogens is 1. The summed E-state index contributed by atoms with van der Waals surface area (Å²) in [5.41, 5.74) is 4.06. The third kappa shape index (κ3) is 4.99. The van der Waals surface area contributed by atoms with Crippen LogP contribution in [-0.2, 0) is 19.1 Å². The predicted molar refractivity (Wildman–Crippen MR) is 136 cm³/mol. The molecule has 36 heavy (non-hydrogen) atoms. The van der Waals surface area contributed by atoms with Crippen LogP contribution in [-0.4, -0.2) is 46.3 Å². The maximum atomic E-state index is 13.7. The van der Waals surface area contributed by atoms with E-state index in [-0.39, 0.29) is 24.9 Å². The van der Waals surface area contributed by atoms with Crippen molar-refractivity contribution in [2.45, 2.75) is 31.6 Å². The molecule has 1 aliphatic carbocycles. The molecule has 4 rings (SSSR count). The Hall–Kier alpha value is -3.29. The van der Waals surface area contributed by atoms with E-state index in [2.05, 4.69) is 5.32 Å². The topological polar surface area (TPSA) is 83.1 Å². The molecule has 0 saturated carbocycles. The molecule has 2 aromatic rings. The summed E-state index contributed by atoms with van der Waals surface area (Å²) in [5.74, 6) is 0.0343. The van der Waals surface area contributed by atoms with Crippen LogP contribution in [0.1, 0.15) is 42.7 Å². The van der Waals surface area contributed by atoms with Crippen LogP contribution in [0.15, 0.2) is 65.0 Å². The molecule has 0 aromatic heterocycles. The molecular formula is C28H30ClNO6. The molecule has 2 aliphatic rings. The lowest BCUT2D eigenvalue weighted by molar-refractivity contribution is -0.140. The molecule has 0 saturated heterocycles. The second-order valence-corrected chi connectivity index (χ2v) is 9.19. The minimum atomic E-state index is -0.621. The summed E-state index contributed by atoms with van der Waals surface area (Å²) in [5, 5.41) is 3.83. The van der Waals surface area contributed by atoms with Crippen molar-refractivity contribution >= 4 is 23.4 Å². The Kier molecular flexibility index (Phi) is 8.01. The van der Waals surface area contributed by atoms with Gasteiger partial charge in [-0.05, 0) is 48.6 Å². The number of ketones is 1. The number of hydrogen-bond acceptors (Lipinski definition) is 7. The third-order valence-corrected chi connectivity index (χ3v) is 7.01. The number of rotatable bonds is 8. The van der Waals surface area contributed by atoms with Crippen LogP contribution in [0.4, 0.5) is 0 Å². The van der Waals surface area contributed by atoms with Gasteiger partial charge in [0.25, 0.3) is 0 Å². The van der Waals surface area contributed by atoms with Crippen molar-refractivity contribution in [3.05, 3.63) is 81.2 Å². The SMILES string of the molecule is COCCOC(=O)C1=C(C)NC2=C(C(=O)CC(c3ccc(OC)c(OC)c3)C2)C1c1ccccc1Cl. The fourth-order valence-electron chi connectivity index (χ4n) is 4.97. The first kappa shape index (κ1) is 25.8. The Balaban J connectivity index is 1.75. The normalized spacial score (nSPS) is 19.5. The number of allylic oxidation sites excluding steroid dienone is 3. The van der Waals surface area contributed by atoms with Gasteiger partial charge in [0.15, 0.2) is 17.3 Å². The van der Waals surface area contributed by atoms with Crippen molar-refractivity contribution in [2.24, 2.45) is 0 Å². The zero-order valence-electron chi connectivity index (χ0n) is 20.9. The molecule has 2 atom stereocenters. The van der Waals surface area contributed by atoms with E-state index in [0.717, 1.165) is 11.3 Å². The Bertz CT molecular complexity index is 1230. The first-order valence-electron chi connectivity index (χ1n) is 11.8. The molecule has 0 spiro atoms. The van der Waals surface area contributed by atoms with Crippen LogP contribution < -0.4 is 14.8 Å². The van der Waals surface area contributed by atoms with Crippen LogP contribution in [0.25, 0.3) is 0 Å². The maximum Gasteiger partial charge on any atom is 0.336 e. The summed E-state index contributed by atoms with van der Waals surface area (Å²) in [6.07, 6.45) is 0.892. The Morgan fingerprint density at radius 1 is 1.03 bits per heavy atom. The van der Waals surface area contributed by atoms with Gasteiger partial charge in [0.1, 0.15) is 6.61 Å². The number of ether oxygens (including phenoxy) is 4. The van der Waals surface area contributed by atoms with Gasteiger partial charge in [0.2, 0.25) is 0 Å². The van der Waals surface area contributed by atoms with Gasteiger partial charge in [-0.25, -0.2) is 4.79 Å². The van der Waals surface area contributed by atoms with E-state index in [1.807, 2.05) is 43.3 Å². The van der Waals surface area contributed by atoms with E-state index < -0.39 is 11.9 Å². The van der Waals surface area contributed by atoms with Crippen LogP contribution in [0.2, 0.25) is 5.02 Å². The fraction of sp³-hybridized carbons (Fsp3) is 0.357. The summed E-state index contributed by atoms with van der Waals surface area (Å²) < 4.78 is 21.3. The highest BCUT2D eigenvalue weighted by molar-refractivity contribution is 6.31. The first-order valence-corrected chi connectivity index (χ1v) is 12.1. The number of hydrogen-bond donors (Lipinski definition) is 1. The molecule has 1 N–H and O–H groups in total. The maximum absolute atomic E-state index is 13.7. The number of nitrogens with one attached hydrogen (secondary N) is 1. The molecule has 0 fully saturated rings. The largest absolute Gasteiger partial charge is 0.493 e. The minimum absolute atomic E-state index is 0.0388. The number of carbonyl (C=O) groups is 2. The van der Waals surface area contributed by atoms with Gasteiger partial charge in [-0.1, -0.05) is 35.9 Å². The highest BCUT2D eigenvalue weighted by atomic mass is 35.5.